The van der Waals surface area contributed by atoms with E-state index in [1.807, 2.05) is 12.1 Å². The first-order valence-corrected chi connectivity index (χ1v) is 6.11. The fraction of sp³-hybridized carbons (Fsp3) is 0.800. The third-order valence-corrected chi connectivity index (χ3v) is 3.79. The van der Waals surface area contributed by atoms with Gasteiger partial charge in [-0.1, -0.05) is 0 Å². The summed E-state index contributed by atoms with van der Waals surface area (Å²) in [7, 11) is -2.33. The van der Waals surface area contributed by atoms with Gasteiger partial charge in [0.1, 0.15) is 0 Å². The number of hydrogen-bond acceptors (Lipinski definition) is 5. The lowest BCUT2D eigenvalue weighted by molar-refractivity contribution is 0.0978. The van der Waals surface area contributed by atoms with E-state index in [0.29, 0.717) is 0 Å². The fourth-order valence-corrected chi connectivity index (χ4v) is 2.95. The molecule has 0 unspecified atom stereocenters. The first-order chi connectivity index (χ1) is 7.19. The van der Waals surface area contributed by atoms with Crippen molar-refractivity contribution in [2.24, 2.45) is 0 Å². The molecule has 0 aromatic rings. The third kappa shape index (κ3) is 3.70. The molecule has 90 valence electrons. The van der Waals surface area contributed by atoms with Gasteiger partial charge in [-0.05, 0) is 27.7 Å². The van der Waals surface area contributed by atoms with Crippen LogP contribution in [-0.4, -0.2) is 25.5 Å². The van der Waals surface area contributed by atoms with E-state index in [9.17, 15) is 9.79 Å². The average Bonchev–Trinajstić information content (AvgIpc) is 1.99. The van der Waals surface area contributed by atoms with Crippen molar-refractivity contribution in [3.63, 3.8) is 0 Å². The molecule has 0 aromatic heterocycles. The van der Waals surface area contributed by atoms with Crippen molar-refractivity contribution in [1.82, 2.24) is 4.67 Å². The molecule has 0 aromatic carbocycles. The first-order valence-electron chi connectivity index (χ1n) is 4.91. The molecule has 0 spiro atoms. The molecule has 0 aliphatic carbocycles. The molecule has 0 aliphatic rings. The maximum Gasteiger partial charge on any atom is 0.254 e. The van der Waals surface area contributed by atoms with Gasteiger partial charge in [-0.25, -0.2) is 4.67 Å². The molecule has 0 radical (unpaired) electrons. The predicted molar refractivity (Wildman–Crippen MR) is 61.8 cm³/mol. The van der Waals surface area contributed by atoms with Crippen LogP contribution in [0.5, 0.6) is 0 Å². The van der Waals surface area contributed by atoms with Crippen molar-refractivity contribution in [3.8, 4) is 12.1 Å². The zero-order valence-electron chi connectivity index (χ0n) is 10.1. The SMILES string of the molecule is CC(C)(CC#N)N(P(O)O)C(C)(C)CC#N. The summed E-state index contributed by atoms with van der Waals surface area (Å²) in [4.78, 5) is 18.9. The van der Waals surface area contributed by atoms with Crippen LogP contribution in [0.15, 0.2) is 0 Å². The maximum absolute atomic E-state index is 9.46. The van der Waals surface area contributed by atoms with E-state index in [-0.39, 0.29) is 12.8 Å². The van der Waals surface area contributed by atoms with Gasteiger partial charge in [-0.2, -0.15) is 10.5 Å². The Labute approximate surface area is 97.9 Å². The Kier molecular flexibility index (Phi) is 5.32. The third-order valence-electron chi connectivity index (χ3n) is 2.35. The van der Waals surface area contributed by atoms with Crippen molar-refractivity contribution >= 4 is 8.53 Å². The molecule has 0 saturated heterocycles. The summed E-state index contributed by atoms with van der Waals surface area (Å²) in [6.07, 6.45) is 0.337. The highest BCUT2D eigenvalue weighted by Crippen LogP contribution is 2.46. The van der Waals surface area contributed by atoms with Gasteiger partial charge in [-0.15, -0.1) is 0 Å². The van der Waals surface area contributed by atoms with Gasteiger partial charge in [0.25, 0.3) is 8.53 Å². The molecule has 0 atom stereocenters. The van der Waals surface area contributed by atoms with Crippen LogP contribution >= 0.6 is 8.53 Å². The van der Waals surface area contributed by atoms with Crippen LogP contribution in [0.4, 0.5) is 0 Å². The monoisotopic (exact) mass is 243 g/mol. The highest BCUT2D eigenvalue weighted by Gasteiger charge is 2.42. The van der Waals surface area contributed by atoms with E-state index < -0.39 is 19.6 Å². The lowest BCUT2D eigenvalue weighted by Crippen LogP contribution is -2.52. The molecule has 0 bridgehead atoms. The van der Waals surface area contributed by atoms with Crippen LogP contribution < -0.4 is 0 Å². The second-order valence-corrected chi connectivity index (χ2v) is 5.81. The van der Waals surface area contributed by atoms with E-state index in [0.717, 1.165) is 0 Å². The van der Waals surface area contributed by atoms with Gasteiger partial charge < -0.3 is 9.79 Å². The minimum Gasteiger partial charge on any atom is -0.338 e. The first kappa shape index (κ1) is 15.3. The molecule has 0 aliphatic heterocycles. The fourth-order valence-electron chi connectivity index (χ4n) is 1.84. The van der Waals surface area contributed by atoms with Crippen molar-refractivity contribution in [1.29, 1.82) is 10.5 Å². The predicted octanol–water partition coefficient (Wildman–Crippen LogP) is 1.88. The average molecular weight is 243 g/mol. The van der Waals surface area contributed by atoms with E-state index >= 15 is 0 Å². The van der Waals surface area contributed by atoms with E-state index in [1.54, 1.807) is 27.7 Å². The topological polar surface area (TPSA) is 91.3 Å². The zero-order chi connectivity index (χ0) is 13.0. The van der Waals surface area contributed by atoms with Crippen molar-refractivity contribution in [2.75, 3.05) is 0 Å². The molecular formula is C10H18N3O2P. The second-order valence-electron chi connectivity index (χ2n) is 4.87. The van der Waals surface area contributed by atoms with Gasteiger partial charge in [0.2, 0.25) is 0 Å². The zero-order valence-corrected chi connectivity index (χ0v) is 11.0. The highest BCUT2D eigenvalue weighted by atomic mass is 31.2. The van der Waals surface area contributed by atoms with Crippen LogP contribution in [0.1, 0.15) is 40.5 Å². The van der Waals surface area contributed by atoms with Crippen molar-refractivity contribution in [3.05, 3.63) is 0 Å². The number of rotatable bonds is 5. The van der Waals surface area contributed by atoms with Gasteiger partial charge in [0.05, 0.1) is 25.0 Å². The minimum atomic E-state index is -2.33. The summed E-state index contributed by atoms with van der Waals surface area (Å²) in [5, 5.41) is 17.5. The van der Waals surface area contributed by atoms with Crippen LogP contribution in [0, 0.1) is 22.7 Å². The van der Waals surface area contributed by atoms with Gasteiger partial charge in [-0.3, -0.25) is 0 Å². The smallest absolute Gasteiger partial charge is 0.254 e. The van der Waals surface area contributed by atoms with E-state index in [1.165, 1.54) is 4.67 Å². The second kappa shape index (κ2) is 5.57. The Morgan fingerprint density at radius 3 is 1.50 bits per heavy atom. The highest BCUT2D eigenvalue weighted by molar-refractivity contribution is 7.42. The molecule has 0 rings (SSSR count). The number of nitriles is 2. The van der Waals surface area contributed by atoms with Gasteiger partial charge >= 0.3 is 0 Å². The lowest BCUT2D eigenvalue weighted by Gasteiger charge is -2.46. The normalized spacial score (nSPS) is 12.6. The molecule has 0 saturated carbocycles. The molecule has 16 heavy (non-hydrogen) atoms. The number of hydrogen-bond donors (Lipinski definition) is 2. The Bertz CT molecular complexity index is 287. The van der Waals surface area contributed by atoms with Crippen LogP contribution in [0.2, 0.25) is 0 Å². The molecule has 2 N–H and O–H groups in total. The van der Waals surface area contributed by atoms with Crippen LogP contribution in [0.25, 0.3) is 0 Å². The Morgan fingerprint density at radius 1 is 1.00 bits per heavy atom. The summed E-state index contributed by atoms with van der Waals surface area (Å²) in [5.41, 5.74) is -1.35. The van der Waals surface area contributed by atoms with Crippen molar-refractivity contribution < 1.29 is 9.79 Å². The molecule has 5 nitrogen and oxygen atoms in total. The quantitative estimate of drug-likeness (QED) is 0.719. The molecule has 0 heterocycles. The molecule has 0 amide bonds. The maximum atomic E-state index is 9.46. The summed E-state index contributed by atoms with van der Waals surface area (Å²) >= 11 is 0. The van der Waals surface area contributed by atoms with Crippen LogP contribution in [-0.2, 0) is 0 Å². The summed E-state index contributed by atoms with van der Waals surface area (Å²) < 4.78 is 1.45. The minimum absolute atomic E-state index is 0.168. The molecular weight excluding hydrogens is 225 g/mol. The standard InChI is InChI=1S/C10H18N3O2P/c1-9(2,5-7-11)13(16(14)15)10(3,4)6-8-12/h14-15H,5-6H2,1-4H3. The largest absolute Gasteiger partial charge is 0.338 e. The lowest BCUT2D eigenvalue weighted by atomic mass is 9.93. The molecule has 0 fully saturated rings. The Balaban J connectivity index is 5.18. The van der Waals surface area contributed by atoms with E-state index in [4.69, 9.17) is 10.5 Å². The summed E-state index contributed by atoms with van der Waals surface area (Å²) in [6, 6.07) is 4.04. The van der Waals surface area contributed by atoms with Gasteiger partial charge in [0, 0.05) is 11.1 Å². The summed E-state index contributed by atoms with van der Waals surface area (Å²) in [6.45, 7) is 7.04. The Morgan fingerprint density at radius 2 is 1.31 bits per heavy atom. The van der Waals surface area contributed by atoms with Gasteiger partial charge in [0.15, 0.2) is 0 Å². The van der Waals surface area contributed by atoms with Crippen LogP contribution in [0.3, 0.4) is 0 Å². The summed E-state index contributed by atoms with van der Waals surface area (Å²) in [5.74, 6) is 0. The molecule has 6 heteroatoms. The number of nitrogens with zero attached hydrogens (tertiary/aromatic N) is 3. The van der Waals surface area contributed by atoms with E-state index in [2.05, 4.69) is 0 Å². The van der Waals surface area contributed by atoms with Crippen molar-refractivity contribution in [2.45, 2.75) is 51.6 Å². The Hall–Kier alpha value is -0.710.